The molecule has 92 valence electrons. The monoisotopic (exact) mass is 233 g/mol. The van der Waals surface area contributed by atoms with Crippen molar-refractivity contribution in [1.82, 2.24) is 0 Å². The molecule has 17 heavy (non-hydrogen) atoms. The van der Waals surface area contributed by atoms with Crippen molar-refractivity contribution in [3.63, 3.8) is 0 Å². The molecule has 1 aliphatic carbocycles. The van der Waals surface area contributed by atoms with Crippen LogP contribution in [-0.2, 0) is 0 Å². The summed E-state index contributed by atoms with van der Waals surface area (Å²) in [6, 6.07) is 7.83. The van der Waals surface area contributed by atoms with Crippen molar-refractivity contribution in [2.45, 2.75) is 44.8 Å². The molecule has 0 spiro atoms. The Morgan fingerprint density at radius 1 is 1.29 bits per heavy atom. The number of aliphatic hydroxyl groups is 1. The highest BCUT2D eigenvalue weighted by molar-refractivity contribution is 6.09. The lowest BCUT2D eigenvalue weighted by molar-refractivity contribution is 0.0547. The van der Waals surface area contributed by atoms with Gasteiger partial charge in [0.05, 0.1) is 0 Å². The number of aliphatic hydroxyl groups excluding tert-OH is 1. The Kier molecular flexibility index (Phi) is 6.09. The smallest absolute Gasteiger partial charge is 0.167 e. The number of hydrogen-bond donors (Lipinski definition) is 2. The van der Waals surface area contributed by atoms with E-state index >= 15 is 0 Å². The third kappa shape index (κ3) is 6.34. The van der Waals surface area contributed by atoms with Crippen LogP contribution in [-0.4, -0.2) is 25.2 Å². The molecular formula is C13H20BNO2. The first-order chi connectivity index (χ1) is 8.08. The molecule has 1 aliphatic rings. The molecule has 1 unspecified atom stereocenters. The average Bonchev–Trinajstić information content (AvgIpc) is 2.73. The first kappa shape index (κ1) is 14.1. The van der Waals surface area contributed by atoms with Crippen molar-refractivity contribution in [2.75, 3.05) is 0 Å². The Morgan fingerprint density at radius 2 is 1.82 bits per heavy atom. The highest BCUT2D eigenvalue weighted by Gasteiger charge is 2.07. The third-order valence-electron chi connectivity index (χ3n) is 2.68. The molecular weight excluding hydrogens is 213 g/mol. The van der Waals surface area contributed by atoms with Crippen LogP contribution in [0.4, 0.5) is 0 Å². The lowest BCUT2D eigenvalue weighted by Gasteiger charge is -2.08. The maximum atomic E-state index is 8.63. The SMILES string of the molecule is NC1CCCC1.[B]C(O)Oc1ccc(C)cc1. The van der Waals surface area contributed by atoms with Crippen LogP contribution < -0.4 is 10.5 Å². The van der Waals surface area contributed by atoms with Crippen LogP contribution in [0.5, 0.6) is 5.75 Å². The van der Waals surface area contributed by atoms with E-state index in [2.05, 4.69) is 0 Å². The first-order valence-corrected chi connectivity index (χ1v) is 6.00. The van der Waals surface area contributed by atoms with E-state index in [1.165, 1.54) is 25.7 Å². The van der Waals surface area contributed by atoms with Gasteiger partial charge in [0, 0.05) is 6.04 Å². The van der Waals surface area contributed by atoms with Crippen molar-refractivity contribution >= 4 is 7.85 Å². The van der Waals surface area contributed by atoms with Gasteiger partial charge in [0.25, 0.3) is 0 Å². The summed E-state index contributed by atoms with van der Waals surface area (Å²) in [5.41, 5.74) is 6.68. The van der Waals surface area contributed by atoms with Crippen molar-refractivity contribution in [3.8, 4) is 5.75 Å². The van der Waals surface area contributed by atoms with E-state index in [-0.39, 0.29) is 0 Å². The van der Waals surface area contributed by atoms with Gasteiger partial charge in [-0.1, -0.05) is 30.5 Å². The maximum Gasteiger partial charge on any atom is 0.167 e. The van der Waals surface area contributed by atoms with E-state index < -0.39 is 6.19 Å². The summed E-state index contributed by atoms with van der Waals surface area (Å²) in [6.45, 7) is 1.97. The van der Waals surface area contributed by atoms with E-state index in [1.807, 2.05) is 19.1 Å². The zero-order valence-electron chi connectivity index (χ0n) is 10.3. The topological polar surface area (TPSA) is 55.5 Å². The van der Waals surface area contributed by atoms with E-state index in [9.17, 15) is 0 Å². The van der Waals surface area contributed by atoms with Crippen LogP contribution in [0.15, 0.2) is 24.3 Å². The Bertz CT molecular complexity index is 308. The van der Waals surface area contributed by atoms with Gasteiger partial charge < -0.3 is 15.6 Å². The lowest BCUT2D eigenvalue weighted by Crippen LogP contribution is -2.14. The minimum Gasteiger partial charge on any atom is -0.475 e. The normalized spacial score (nSPS) is 17.1. The van der Waals surface area contributed by atoms with Crippen LogP contribution >= 0.6 is 0 Å². The molecule has 0 amide bonds. The average molecular weight is 233 g/mol. The Balaban J connectivity index is 0.000000202. The predicted molar refractivity (Wildman–Crippen MR) is 70.0 cm³/mol. The van der Waals surface area contributed by atoms with E-state index in [1.54, 1.807) is 12.1 Å². The fourth-order valence-electron chi connectivity index (χ4n) is 1.71. The minimum atomic E-state index is -1.24. The lowest BCUT2D eigenvalue weighted by atomic mass is 10.1. The second-order valence-electron chi connectivity index (χ2n) is 4.37. The van der Waals surface area contributed by atoms with Gasteiger partial charge in [-0.05, 0) is 31.9 Å². The molecule has 0 saturated heterocycles. The highest BCUT2D eigenvalue weighted by Crippen LogP contribution is 2.14. The van der Waals surface area contributed by atoms with Crippen LogP contribution in [0.2, 0.25) is 0 Å². The van der Waals surface area contributed by atoms with Gasteiger partial charge in [0.2, 0.25) is 0 Å². The summed E-state index contributed by atoms with van der Waals surface area (Å²) in [7, 11) is 5.00. The number of rotatable bonds is 2. The first-order valence-electron chi connectivity index (χ1n) is 6.00. The number of hydrogen-bond acceptors (Lipinski definition) is 3. The van der Waals surface area contributed by atoms with Gasteiger partial charge in [-0.3, -0.25) is 0 Å². The fourth-order valence-corrected chi connectivity index (χ4v) is 1.71. The van der Waals surface area contributed by atoms with Gasteiger partial charge in [0.1, 0.15) is 11.9 Å². The molecule has 0 aliphatic heterocycles. The van der Waals surface area contributed by atoms with Gasteiger partial charge in [0.15, 0.2) is 7.85 Å². The predicted octanol–water partition coefficient (Wildman–Crippen LogP) is 1.71. The minimum absolute atomic E-state index is 0.546. The number of benzene rings is 1. The zero-order valence-corrected chi connectivity index (χ0v) is 10.3. The number of ether oxygens (including phenoxy) is 1. The molecule has 3 nitrogen and oxygen atoms in total. The molecule has 0 heterocycles. The second kappa shape index (κ2) is 7.35. The van der Waals surface area contributed by atoms with Crippen molar-refractivity contribution in [1.29, 1.82) is 0 Å². The molecule has 1 aromatic rings. The Morgan fingerprint density at radius 3 is 2.18 bits per heavy atom. The van der Waals surface area contributed by atoms with Crippen LogP contribution in [0.1, 0.15) is 31.2 Å². The van der Waals surface area contributed by atoms with Crippen LogP contribution in [0, 0.1) is 6.92 Å². The molecule has 0 aromatic heterocycles. The molecule has 2 radical (unpaired) electrons. The zero-order chi connectivity index (χ0) is 12.7. The summed E-state index contributed by atoms with van der Waals surface area (Å²) < 4.78 is 4.80. The number of aryl methyl sites for hydroxylation is 1. The summed E-state index contributed by atoms with van der Waals surface area (Å²) in [4.78, 5) is 0. The fraction of sp³-hybridized carbons (Fsp3) is 0.538. The standard InChI is InChI=1S/C8H9BO2.C5H11N/c1-6-2-4-7(5-3-6)11-8(9)10;6-5-3-1-2-4-5/h2-5,8,10H,1H3;5H,1-4,6H2. The van der Waals surface area contributed by atoms with Crippen molar-refractivity contribution < 1.29 is 9.84 Å². The Hall–Kier alpha value is -0.995. The largest absolute Gasteiger partial charge is 0.475 e. The highest BCUT2D eigenvalue weighted by atomic mass is 16.6. The molecule has 1 saturated carbocycles. The van der Waals surface area contributed by atoms with Gasteiger partial charge in [-0.25, -0.2) is 0 Å². The third-order valence-corrected chi connectivity index (χ3v) is 2.68. The molecule has 3 N–H and O–H groups in total. The van der Waals surface area contributed by atoms with Crippen LogP contribution in [0.3, 0.4) is 0 Å². The maximum absolute atomic E-state index is 8.63. The van der Waals surface area contributed by atoms with E-state index in [4.69, 9.17) is 23.4 Å². The molecule has 0 bridgehead atoms. The Labute approximate surface area is 104 Å². The van der Waals surface area contributed by atoms with Gasteiger partial charge >= 0.3 is 0 Å². The van der Waals surface area contributed by atoms with Gasteiger partial charge in [-0.2, -0.15) is 0 Å². The van der Waals surface area contributed by atoms with E-state index in [0.29, 0.717) is 11.8 Å². The molecule has 1 aromatic carbocycles. The molecule has 1 atom stereocenters. The van der Waals surface area contributed by atoms with E-state index in [0.717, 1.165) is 5.56 Å². The van der Waals surface area contributed by atoms with Crippen LogP contribution in [0.25, 0.3) is 0 Å². The van der Waals surface area contributed by atoms with Crippen molar-refractivity contribution in [2.24, 2.45) is 5.73 Å². The van der Waals surface area contributed by atoms with Gasteiger partial charge in [-0.15, -0.1) is 0 Å². The van der Waals surface area contributed by atoms with Crippen molar-refractivity contribution in [3.05, 3.63) is 29.8 Å². The second-order valence-corrected chi connectivity index (χ2v) is 4.37. The molecule has 2 rings (SSSR count). The summed E-state index contributed by atoms with van der Waals surface area (Å²) in [5, 5.41) is 8.63. The quantitative estimate of drug-likeness (QED) is 0.603. The summed E-state index contributed by atoms with van der Waals surface area (Å²) in [5.74, 6) is 0.575. The summed E-state index contributed by atoms with van der Waals surface area (Å²) in [6.07, 6.45) is 4.01. The molecule has 4 heteroatoms. The molecule has 1 fully saturated rings. The number of nitrogens with two attached hydrogens (primary N) is 1. The summed E-state index contributed by atoms with van der Waals surface area (Å²) >= 11 is 0.